The molecule has 0 radical (unpaired) electrons. The number of nitrogens with two attached hydrogens (primary N) is 1. The van der Waals surface area contributed by atoms with Gasteiger partial charge in [0, 0.05) is 24.2 Å². The Morgan fingerprint density at radius 2 is 2.18 bits per heavy atom. The van der Waals surface area contributed by atoms with E-state index < -0.39 is 0 Å². The van der Waals surface area contributed by atoms with Crippen molar-refractivity contribution >= 4 is 17.4 Å². The lowest BCUT2D eigenvalue weighted by Gasteiger charge is -2.19. The highest BCUT2D eigenvalue weighted by molar-refractivity contribution is 7.99. The maximum atomic E-state index is 5.72. The van der Waals surface area contributed by atoms with Crippen LogP contribution in [0.1, 0.15) is 30.1 Å². The smallest absolute Gasteiger partial charge is 0.165 e. The van der Waals surface area contributed by atoms with Crippen LogP contribution in [0.15, 0.2) is 18.3 Å². The molecule has 0 spiro atoms. The number of thioether (sulfide) groups is 1. The predicted octanol–water partition coefficient (Wildman–Crippen LogP) is 1.80. The zero-order chi connectivity index (χ0) is 11.7. The Bertz CT molecular complexity index is 516. The van der Waals surface area contributed by atoms with Crippen molar-refractivity contribution in [2.24, 2.45) is 5.73 Å². The van der Waals surface area contributed by atoms with Crippen LogP contribution in [0.2, 0.25) is 0 Å². The van der Waals surface area contributed by atoms with Crippen LogP contribution in [0.3, 0.4) is 0 Å². The third-order valence-electron chi connectivity index (χ3n) is 3.35. The van der Waals surface area contributed by atoms with Crippen LogP contribution in [0, 0.1) is 0 Å². The molecule has 0 aromatic carbocycles. The number of rotatable bonds is 2. The highest BCUT2D eigenvalue weighted by Gasteiger charge is 2.21. The summed E-state index contributed by atoms with van der Waals surface area (Å²) in [6.45, 7) is 0.517. The van der Waals surface area contributed by atoms with Crippen molar-refractivity contribution in [1.82, 2.24) is 14.6 Å². The minimum atomic E-state index is 0.517. The fourth-order valence-electron chi connectivity index (χ4n) is 2.38. The maximum absolute atomic E-state index is 5.72. The summed E-state index contributed by atoms with van der Waals surface area (Å²) >= 11 is 2.03. The number of hydrogen-bond donors (Lipinski definition) is 1. The van der Waals surface area contributed by atoms with E-state index in [2.05, 4.69) is 14.6 Å². The van der Waals surface area contributed by atoms with Gasteiger partial charge in [-0.25, -0.2) is 0 Å². The topological polar surface area (TPSA) is 56.2 Å². The van der Waals surface area contributed by atoms with Crippen LogP contribution < -0.4 is 5.73 Å². The molecule has 0 unspecified atom stereocenters. The first kappa shape index (κ1) is 11.0. The lowest BCUT2D eigenvalue weighted by Crippen LogP contribution is -2.11. The fourth-order valence-corrected chi connectivity index (χ4v) is 3.49. The van der Waals surface area contributed by atoms with E-state index in [0.717, 1.165) is 17.0 Å². The van der Waals surface area contributed by atoms with Crippen molar-refractivity contribution in [3.8, 4) is 0 Å². The molecule has 3 rings (SSSR count). The number of pyridine rings is 1. The van der Waals surface area contributed by atoms with E-state index in [9.17, 15) is 0 Å². The van der Waals surface area contributed by atoms with E-state index in [1.165, 1.54) is 24.3 Å². The standard InChI is InChI=1S/C12H16N4S/c13-8-10-2-1-5-16-11(14-15-12(10)16)9-3-6-17-7-4-9/h1-2,5,9H,3-4,6-8,13H2. The number of nitrogens with zero attached hydrogens (tertiary/aromatic N) is 3. The number of aromatic nitrogens is 3. The van der Waals surface area contributed by atoms with Crippen LogP contribution in [-0.4, -0.2) is 26.1 Å². The highest BCUT2D eigenvalue weighted by atomic mass is 32.2. The predicted molar refractivity (Wildman–Crippen MR) is 70.2 cm³/mol. The summed E-state index contributed by atoms with van der Waals surface area (Å²) in [5.74, 6) is 4.13. The molecule has 0 atom stereocenters. The Morgan fingerprint density at radius 3 is 2.94 bits per heavy atom. The zero-order valence-electron chi connectivity index (χ0n) is 9.67. The van der Waals surface area contributed by atoms with Crippen molar-refractivity contribution in [3.63, 3.8) is 0 Å². The molecular formula is C12H16N4S. The quantitative estimate of drug-likeness (QED) is 0.880. The molecule has 2 aromatic rings. The van der Waals surface area contributed by atoms with E-state index in [0.29, 0.717) is 12.5 Å². The van der Waals surface area contributed by atoms with E-state index in [-0.39, 0.29) is 0 Å². The van der Waals surface area contributed by atoms with Gasteiger partial charge in [-0.2, -0.15) is 11.8 Å². The van der Waals surface area contributed by atoms with Gasteiger partial charge in [-0.15, -0.1) is 10.2 Å². The SMILES string of the molecule is NCc1cccn2c(C3CCSCC3)nnc12. The van der Waals surface area contributed by atoms with Crippen molar-refractivity contribution in [2.75, 3.05) is 11.5 Å². The molecule has 2 N–H and O–H groups in total. The van der Waals surface area contributed by atoms with Gasteiger partial charge in [-0.1, -0.05) is 6.07 Å². The van der Waals surface area contributed by atoms with E-state index >= 15 is 0 Å². The maximum Gasteiger partial charge on any atom is 0.165 e. The molecule has 0 amide bonds. The van der Waals surface area contributed by atoms with Crippen molar-refractivity contribution in [3.05, 3.63) is 29.7 Å². The summed E-state index contributed by atoms with van der Waals surface area (Å²) in [6.07, 6.45) is 4.46. The molecule has 1 aliphatic rings. The van der Waals surface area contributed by atoms with Crippen LogP contribution in [-0.2, 0) is 6.54 Å². The Kier molecular flexibility index (Phi) is 3.03. The van der Waals surface area contributed by atoms with Crippen molar-refractivity contribution in [2.45, 2.75) is 25.3 Å². The summed E-state index contributed by atoms with van der Waals surface area (Å²) < 4.78 is 2.11. The van der Waals surface area contributed by atoms with Crippen LogP contribution in [0.5, 0.6) is 0 Å². The van der Waals surface area contributed by atoms with E-state index in [4.69, 9.17) is 5.73 Å². The molecule has 1 aliphatic heterocycles. The Hall–Kier alpha value is -1.07. The Morgan fingerprint density at radius 1 is 1.35 bits per heavy atom. The van der Waals surface area contributed by atoms with Crippen LogP contribution in [0.25, 0.3) is 5.65 Å². The summed E-state index contributed by atoms with van der Waals surface area (Å²) in [5.41, 5.74) is 7.70. The number of hydrogen-bond acceptors (Lipinski definition) is 4. The Balaban J connectivity index is 2.05. The van der Waals surface area contributed by atoms with Crippen LogP contribution in [0.4, 0.5) is 0 Å². The van der Waals surface area contributed by atoms with Gasteiger partial charge >= 0.3 is 0 Å². The monoisotopic (exact) mass is 248 g/mol. The van der Waals surface area contributed by atoms with Gasteiger partial charge in [0.05, 0.1) is 0 Å². The van der Waals surface area contributed by atoms with E-state index in [1.807, 2.05) is 30.1 Å². The van der Waals surface area contributed by atoms with Gasteiger partial charge in [0.2, 0.25) is 0 Å². The second-order valence-corrected chi connectivity index (χ2v) is 5.60. The minimum Gasteiger partial charge on any atom is -0.326 e. The lowest BCUT2D eigenvalue weighted by atomic mass is 10.0. The van der Waals surface area contributed by atoms with Crippen molar-refractivity contribution < 1.29 is 0 Å². The molecular weight excluding hydrogens is 232 g/mol. The van der Waals surface area contributed by atoms with Gasteiger partial charge in [-0.05, 0) is 30.4 Å². The first-order valence-corrected chi connectivity index (χ1v) is 7.16. The first-order valence-electron chi connectivity index (χ1n) is 6.00. The summed E-state index contributed by atoms with van der Waals surface area (Å²) in [6, 6.07) is 4.05. The van der Waals surface area contributed by atoms with Gasteiger partial charge in [0.1, 0.15) is 5.82 Å². The van der Waals surface area contributed by atoms with Gasteiger partial charge < -0.3 is 5.73 Å². The third-order valence-corrected chi connectivity index (χ3v) is 4.40. The molecule has 1 fully saturated rings. The zero-order valence-corrected chi connectivity index (χ0v) is 10.5. The molecule has 3 heterocycles. The largest absolute Gasteiger partial charge is 0.326 e. The average molecular weight is 248 g/mol. The molecule has 2 aromatic heterocycles. The molecule has 17 heavy (non-hydrogen) atoms. The normalized spacial score (nSPS) is 17.7. The minimum absolute atomic E-state index is 0.517. The first-order chi connectivity index (χ1) is 8.40. The molecule has 5 heteroatoms. The van der Waals surface area contributed by atoms with Gasteiger partial charge in [0.25, 0.3) is 0 Å². The second-order valence-electron chi connectivity index (χ2n) is 4.38. The van der Waals surface area contributed by atoms with Crippen LogP contribution >= 0.6 is 11.8 Å². The molecule has 1 saturated heterocycles. The van der Waals surface area contributed by atoms with E-state index in [1.54, 1.807) is 0 Å². The van der Waals surface area contributed by atoms with Gasteiger partial charge in [0.15, 0.2) is 5.65 Å². The lowest BCUT2D eigenvalue weighted by molar-refractivity contribution is 0.592. The summed E-state index contributed by atoms with van der Waals surface area (Å²) in [5, 5.41) is 8.67. The molecule has 0 aliphatic carbocycles. The molecule has 4 nitrogen and oxygen atoms in total. The molecule has 0 saturated carbocycles. The fraction of sp³-hybridized carbons (Fsp3) is 0.500. The summed E-state index contributed by atoms with van der Waals surface area (Å²) in [7, 11) is 0. The molecule has 90 valence electrons. The highest BCUT2D eigenvalue weighted by Crippen LogP contribution is 2.30. The van der Waals surface area contributed by atoms with Crippen molar-refractivity contribution in [1.29, 1.82) is 0 Å². The molecule has 0 bridgehead atoms. The summed E-state index contributed by atoms with van der Waals surface area (Å²) in [4.78, 5) is 0. The Labute approximate surface area is 105 Å². The number of fused-ring (bicyclic) bond motifs is 1. The third kappa shape index (κ3) is 1.93. The van der Waals surface area contributed by atoms with Gasteiger partial charge in [-0.3, -0.25) is 4.40 Å². The average Bonchev–Trinajstić information content (AvgIpc) is 2.83. The second kappa shape index (κ2) is 4.66.